The molecule has 1 aliphatic heterocycles. The number of nitrogens with zero attached hydrogens (tertiary/aromatic N) is 3. The number of rotatable bonds is 1. The SMILES string of the molecule is C[C@H]1CNCCN1c1ccn(C)n1. The first-order chi connectivity index (χ1) is 6.27. The zero-order valence-electron chi connectivity index (χ0n) is 8.20. The zero-order valence-corrected chi connectivity index (χ0v) is 8.20. The fourth-order valence-electron chi connectivity index (χ4n) is 1.74. The molecule has 2 heterocycles. The molecule has 4 nitrogen and oxygen atoms in total. The summed E-state index contributed by atoms with van der Waals surface area (Å²) in [4.78, 5) is 2.34. The van der Waals surface area contributed by atoms with E-state index in [0.29, 0.717) is 6.04 Å². The number of aryl methyl sites for hydroxylation is 1. The molecule has 1 aliphatic rings. The third-order valence-electron chi connectivity index (χ3n) is 2.50. The van der Waals surface area contributed by atoms with Gasteiger partial charge in [0.15, 0.2) is 5.82 Å². The van der Waals surface area contributed by atoms with Crippen molar-refractivity contribution in [2.24, 2.45) is 7.05 Å². The standard InChI is InChI=1S/C9H16N4/c1-8-7-10-4-6-13(8)9-3-5-12(2)11-9/h3,5,8,10H,4,6-7H2,1-2H3/t8-/m0/s1. The molecular formula is C9H16N4. The number of nitrogens with one attached hydrogen (secondary N) is 1. The molecule has 0 radical (unpaired) electrons. The van der Waals surface area contributed by atoms with Crippen LogP contribution in [0, 0.1) is 0 Å². The number of aromatic nitrogens is 2. The van der Waals surface area contributed by atoms with E-state index in [9.17, 15) is 0 Å². The molecule has 1 aromatic rings. The Balaban J connectivity index is 2.14. The van der Waals surface area contributed by atoms with Crippen molar-refractivity contribution in [1.82, 2.24) is 15.1 Å². The molecule has 13 heavy (non-hydrogen) atoms. The van der Waals surface area contributed by atoms with Crippen molar-refractivity contribution in [2.75, 3.05) is 24.5 Å². The molecule has 0 amide bonds. The summed E-state index contributed by atoms with van der Waals surface area (Å²) in [5.41, 5.74) is 0. The van der Waals surface area contributed by atoms with Crippen molar-refractivity contribution in [3.8, 4) is 0 Å². The van der Waals surface area contributed by atoms with E-state index in [1.54, 1.807) is 0 Å². The number of anilines is 1. The highest BCUT2D eigenvalue weighted by molar-refractivity contribution is 5.38. The van der Waals surface area contributed by atoms with Gasteiger partial charge in [-0.05, 0) is 6.92 Å². The second-order valence-corrected chi connectivity index (χ2v) is 3.59. The van der Waals surface area contributed by atoms with Gasteiger partial charge >= 0.3 is 0 Å². The maximum absolute atomic E-state index is 4.40. The summed E-state index contributed by atoms with van der Waals surface area (Å²) in [5.74, 6) is 1.09. The second-order valence-electron chi connectivity index (χ2n) is 3.59. The lowest BCUT2D eigenvalue weighted by Gasteiger charge is -2.33. The first-order valence-electron chi connectivity index (χ1n) is 4.74. The van der Waals surface area contributed by atoms with Gasteiger partial charge in [0.25, 0.3) is 0 Å². The summed E-state index contributed by atoms with van der Waals surface area (Å²) in [6.45, 7) is 5.39. The molecule has 4 heteroatoms. The van der Waals surface area contributed by atoms with Gasteiger partial charge in [0.1, 0.15) is 0 Å². The summed E-state index contributed by atoms with van der Waals surface area (Å²) in [6.07, 6.45) is 1.99. The third kappa shape index (κ3) is 1.67. The Labute approximate surface area is 78.5 Å². The monoisotopic (exact) mass is 180 g/mol. The van der Waals surface area contributed by atoms with E-state index in [1.165, 1.54) is 0 Å². The lowest BCUT2D eigenvalue weighted by atomic mass is 10.2. The van der Waals surface area contributed by atoms with Gasteiger partial charge in [-0.25, -0.2) is 0 Å². The van der Waals surface area contributed by atoms with Crippen molar-refractivity contribution in [3.63, 3.8) is 0 Å². The molecule has 0 aromatic carbocycles. The minimum absolute atomic E-state index is 0.545. The van der Waals surface area contributed by atoms with Crippen LogP contribution >= 0.6 is 0 Å². The minimum atomic E-state index is 0.545. The predicted octanol–water partition coefficient (Wildman–Crippen LogP) is 0.218. The average Bonchev–Trinajstić information content (AvgIpc) is 2.53. The van der Waals surface area contributed by atoms with E-state index in [1.807, 2.05) is 17.9 Å². The van der Waals surface area contributed by atoms with Crippen molar-refractivity contribution < 1.29 is 0 Å². The molecule has 1 atom stereocenters. The molecular weight excluding hydrogens is 164 g/mol. The summed E-state index contributed by atoms with van der Waals surface area (Å²) in [5, 5.41) is 7.76. The Morgan fingerprint density at radius 2 is 2.46 bits per heavy atom. The fraction of sp³-hybridized carbons (Fsp3) is 0.667. The minimum Gasteiger partial charge on any atom is -0.350 e. The Morgan fingerprint density at radius 1 is 1.62 bits per heavy atom. The van der Waals surface area contributed by atoms with Crippen LogP contribution in [0.15, 0.2) is 12.3 Å². The Bertz CT molecular complexity index is 281. The molecule has 1 N–H and O–H groups in total. The highest BCUT2D eigenvalue weighted by Crippen LogP contribution is 2.14. The van der Waals surface area contributed by atoms with Crippen LogP contribution in [0.25, 0.3) is 0 Å². The van der Waals surface area contributed by atoms with Crippen molar-refractivity contribution in [2.45, 2.75) is 13.0 Å². The van der Waals surface area contributed by atoms with Crippen LogP contribution in [0.1, 0.15) is 6.92 Å². The van der Waals surface area contributed by atoms with Crippen LogP contribution in [0.4, 0.5) is 5.82 Å². The Kier molecular flexibility index (Phi) is 2.22. The Hall–Kier alpha value is -1.03. The smallest absolute Gasteiger partial charge is 0.150 e. The van der Waals surface area contributed by atoms with Gasteiger partial charge in [-0.15, -0.1) is 0 Å². The average molecular weight is 180 g/mol. The highest BCUT2D eigenvalue weighted by atomic mass is 15.4. The zero-order chi connectivity index (χ0) is 9.26. The van der Waals surface area contributed by atoms with Crippen molar-refractivity contribution >= 4 is 5.82 Å². The van der Waals surface area contributed by atoms with E-state index in [2.05, 4.69) is 28.3 Å². The van der Waals surface area contributed by atoms with Crippen molar-refractivity contribution in [3.05, 3.63) is 12.3 Å². The molecule has 2 rings (SSSR count). The molecule has 1 saturated heterocycles. The van der Waals surface area contributed by atoms with Gasteiger partial charge in [-0.3, -0.25) is 4.68 Å². The van der Waals surface area contributed by atoms with Gasteiger partial charge in [0, 0.05) is 45.0 Å². The molecule has 0 unspecified atom stereocenters. The van der Waals surface area contributed by atoms with E-state index in [4.69, 9.17) is 0 Å². The lowest BCUT2D eigenvalue weighted by Crippen LogP contribution is -2.50. The number of hydrogen-bond donors (Lipinski definition) is 1. The van der Waals surface area contributed by atoms with Crippen LogP contribution in [0.3, 0.4) is 0 Å². The molecule has 0 bridgehead atoms. The van der Waals surface area contributed by atoms with Crippen LogP contribution in [0.5, 0.6) is 0 Å². The molecule has 0 aliphatic carbocycles. The van der Waals surface area contributed by atoms with Gasteiger partial charge in [0.2, 0.25) is 0 Å². The van der Waals surface area contributed by atoms with E-state index < -0.39 is 0 Å². The number of piperazine rings is 1. The van der Waals surface area contributed by atoms with E-state index in [-0.39, 0.29) is 0 Å². The molecule has 1 fully saturated rings. The first kappa shape index (κ1) is 8.56. The molecule has 0 spiro atoms. The van der Waals surface area contributed by atoms with Gasteiger partial charge in [-0.2, -0.15) is 5.10 Å². The highest BCUT2D eigenvalue weighted by Gasteiger charge is 2.19. The fourth-order valence-corrected chi connectivity index (χ4v) is 1.74. The Morgan fingerprint density at radius 3 is 3.08 bits per heavy atom. The molecule has 1 aromatic heterocycles. The second kappa shape index (κ2) is 3.38. The third-order valence-corrected chi connectivity index (χ3v) is 2.50. The first-order valence-corrected chi connectivity index (χ1v) is 4.74. The predicted molar refractivity (Wildman–Crippen MR) is 52.9 cm³/mol. The molecule has 0 saturated carbocycles. The summed E-state index contributed by atoms with van der Waals surface area (Å²) in [7, 11) is 1.95. The van der Waals surface area contributed by atoms with Crippen molar-refractivity contribution in [1.29, 1.82) is 0 Å². The largest absolute Gasteiger partial charge is 0.350 e. The summed E-state index contributed by atoms with van der Waals surface area (Å²) in [6, 6.07) is 2.62. The van der Waals surface area contributed by atoms with Crippen LogP contribution in [-0.4, -0.2) is 35.5 Å². The summed E-state index contributed by atoms with van der Waals surface area (Å²) < 4.78 is 1.85. The van der Waals surface area contributed by atoms with E-state index >= 15 is 0 Å². The van der Waals surface area contributed by atoms with Gasteiger partial charge in [-0.1, -0.05) is 0 Å². The summed E-state index contributed by atoms with van der Waals surface area (Å²) >= 11 is 0. The quantitative estimate of drug-likeness (QED) is 0.671. The van der Waals surface area contributed by atoms with Crippen LogP contribution in [0.2, 0.25) is 0 Å². The lowest BCUT2D eigenvalue weighted by molar-refractivity contribution is 0.495. The topological polar surface area (TPSA) is 33.1 Å². The van der Waals surface area contributed by atoms with Crippen LogP contribution in [-0.2, 0) is 7.05 Å². The van der Waals surface area contributed by atoms with Gasteiger partial charge < -0.3 is 10.2 Å². The maximum Gasteiger partial charge on any atom is 0.150 e. The van der Waals surface area contributed by atoms with Gasteiger partial charge in [0.05, 0.1) is 0 Å². The van der Waals surface area contributed by atoms with E-state index in [0.717, 1.165) is 25.5 Å². The molecule has 72 valence electrons. The maximum atomic E-state index is 4.40. The normalized spacial score (nSPS) is 23.5. The van der Waals surface area contributed by atoms with Crippen LogP contribution < -0.4 is 10.2 Å². The number of hydrogen-bond acceptors (Lipinski definition) is 3.